The summed E-state index contributed by atoms with van der Waals surface area (Å²) in [5.74, 6) is -2.84. The molecule has 2 rings (SSSR count). The lowest BCUT2D eigenvalue weighted by molar-refractivity contribution is -0.140. The molecule has 2 aromatic rings. The van der Waals surface area contributed by atoms with Crippen LogP contribution in [-0.4, -0.2) is 11.2 Å². The maximum atomic E-state index is 13.7. The van der Waals surface area contributed by atoms with E-state index >= 15 is 0 Å². The molecule has 0 saturated heterocycles. The molecule has 0 saturated carbocycles. The molecule has 1 N–H and O–H groups in total. The second kappa shape index (κ2) is 5.76. The number of hydrogen-bond donors (Lipinski definition) is 1. The van der Waals surface area contributed by atoms with Crippen LogP contribution < -0.4 is 5.43 Å². The van der Waals surface area contributed by atoms with Crippen LogP contribution in [0.15, 0.2) is 22.6 Å². The number of aryl methyl sites for hydroxylation is 1. The van der Waals surface area contributed by atoms with E-state index in [1.807, 2.05) is 0 Å². The van der Waals surface area contributed by atoms with Gasteiger partial charge in [0.15, 0.2) is 0 Å². The van der Waals surface area contributed by atoms with Gasteiger partial charge in [-0.15, -0.1) is 11.3 Å². The lowest BCUT2D eigenvalue weighted by atomic mass is 10.1. The standard InChI is InChI=1S/C12H8F5N3S/c1-6-5-21-11(19-6)20-18-4-7-9(13)3-2-8(10(7)14)12(15,16)17/h2-5H,1H3,(H,19,20). The highest BCUT2D eigenvalue weighted by atomic mass is 32.1. The third-order valence-electron chi connectivity index (χ3n) is 2.40. The van der Waals surface area contributed by atoms with E-state index in [0.29, 0.717) is 29.2 Å². The van der Waals surface area contributed by atoms with Gasteiger partial charge in [0, 0.05) is 5.38 Å². The van der Waals surface area contributed by atoms with Crippen molar-refractivity contribution >= 4 is 22.7 Å². The lowest BCUT2D eigenvalue weighted by Crippen LogP contribution is -2.11. The molecule has 1 aromatic carbocycles. The first kappa shape index (κ1) is 15.4. The van der Waals surface area contributed by atoms with Gasteiger partial charge in [0.1, 0.15) is 11.6 Å². The Morgan fingerprint density at radius 1 is 1.29 bits per heavy atom. The maximum absolute atomic E-state index is 13.7. The molecule has 0 bridgehead atoms. The average molecular weight is 321 g/mol. The molecule has 0 radical (unpaired) electrons. The van der Waals surface area contributed by atoms with Gasteiger partial charge >= 0.3 is 6.18 Å². The first-order valence-corrected chi connectivity index (χ1v) is 6.43. The molecule has 0 unspecified atom stereocenters. The Hall–Kier alpha value is -2.03. The molecule has 0 aliphatic heterocycles. The van der Waals surface area contributed by atoms with Crippen LogP contribution in [0.4, 0.5) is 27.1 Å². The molecule has 0 atom stereocenters. The van der Waals surface area contributed by atoms with Gasteiger partial charge in [-0.3, -0.25) is 5.43 Å². The Labute approximate surface area is 120 Å². The van der Waals surface area contributed by atoms with Crippen LogP contribution >= 0.6 is 11.3 Å². The Balaban J connectivity index is 2.27. The van der Waals surface area contributed by atoms with Gasteiger partial charge in [-0.2, -0.15) is 18.3 Å². The summed E-state index contributed by atoms with van der Waals surface area (Å²) in [6, 6.07) is 0.889. The third kappa shape index (κ3) is 3.54. The normalized spacial score (nSPS) is 12.1. The van der Waals surface area contributed by atoms with Gasteiger partial charge in [-0.05, 0) is 19.1 Å². The van der Waals surface area contributed by atoms with E-state index in [0.717, 1.165) is 0 Å². The number of aromatic nitrogens is 1. The molecule has 0 amide bonds. The predicted molar refractivity (Wildman–Crippen MR) is 69.4 cm³/mol. The van der Waals surface area contributed by atoms with E-state index in [4.69, 9.17) is 0 Å². The number of anilines is 1. The quantitative estimate of drug-likeness (QED) is 0.523. The Bertz CT molecular complexity index is 678. The SMILES string of the molecule is Cc1csc(NN=Cc2c(F)ccc(C(F)(F)F)c2F)n1. The van der Waals surface area contributed by atoms with Crippen LogP contribution in [0.3, 0.4) is 0 Å². The second-order valence-corrected chi connectivity index (χ2v) is 4.84. The molecule has 21 heavy (non-hydrogen) atoms. The lowest BCUT2D eigenvalue weighted by Gasteiger charge is -2.09. The molecule has 112 valence electrons. The highest BCUT2D eigenvalue weighted by molar-refractivity contribution is 7.13. The van der Waals surface area contributed by atoms with Crippen molar-refractivity contribution in [2.24, 2.45) is 5.10 Å². The number of halogens is 5. The highest BCUT2D eigenvalue weighted by Crippen LogP contribution is 2.32. The molecule has 1 heterocycles. The minimum absolute atomic E-state index is 0.347. The van der Waals surface area contributed by atoms with Crippen LogP contribution in [0.1, 0.15) is 16.8 Å². The van der Waals surface area contributed by atoms with E-state index in [9.17, 15) is 22.0 Å². The van der Waals surface area contributed by atoms with Crippen LogP contribution in [0.2, 0.25) is 0 Å². The molecule has 0 aliphatic rings. The fourth-order valence-electron chi connectivity index (χ4n) is 1.46. The molecule has 1 aromatic heterocycles. The van der Waals surface area contributed by atoms with Gasteiger partial charge < -0.3 is 0 Å². The van der Waals surface area contributed by atoms with E-state index in [1.165, 1.54) is 11.3 Å². The van der Waals surface area contributed by atoms with Crippen molar-refractivity contribution in [3.05, 3.63) is 46.0 Å². The Kier molecular flexibility index (Phi) is 4.21. The summed E-state index contributed by atoms with van der Waals surface area (Å²) in [5, 5.41) is 5.57. The molecule has 0 aliphatic carbocycles. The number of nitrogens with zero attached hydrogens (tertiary/aromatic N) is 2. The summed E-state index contributed by atoms with van der Waals surface area (Å²) in [6.45, 7) is 1.73. The smallest absolute Gasteiger partial charge is 0.253 e. The van der Waals surface area contributed by atoms with Crippen molar-refractivity contribution in [1.29, 1.82) is 0 Å². The van der Waals surface area contributed by atoms with Crippen molar-refractivity contribution in [2.45, 2.75) is 13.1 Å². The zero-order chi connectivity index (χ0) is 15.6. The largest absolute Gasteiger partial charge is 0.419 e. The Morgan fingerprint density at radius 2 is 2.00 bits per heavy atom. The number of rotatable bonds is 3. The summed E-state index contributed by atoms with van der Waals surface area (Å²) < 4.78 is 64.6. The molecule has 0 spiro atoms. The summed E-state index contributed by atoms with van der Waals surface area (Å²) in [5.41, 5.74) is 0.690. The van der Waals surface area contributed by atoms with Gasteiger partial charge in [-0.25, -0.2) is 13.8 Å². The third-order valence-corrected chi connectivity index (χ3v) is 3.27. The topological polar surface area (TPSA) is 37.3 Å². The van der Waals surface area contributed by atoms with E-state index < -0.39 is 28.9 Å². The van der Waals surface area contributed by atoms with Crippen molar-refractivity contribution in [1.82, 2.24) is 4.98 Å². The summed E-state index contributed by atoms with van der Waals surface area (Å²) in [7, 11) is 0. The van der Waals surface area contributed by atoms with Crippen LogP contribution in [0.5, 0.6) is 0 Å². The highest BCUT2D eigenvalue weighted by Gasteiger charge is 2.35. The van der Waals surface area contributed by atoms with Crippen LogP contribution in [0.25, 0.3) is 0 Å². The predicted octanol–water partition coefficient (Wildman–Crippen LogP) is 4.19. The van der Waals surface area contributed by atoms with Crippen LogP contribution in [0, 0.1) is 18.6 Å². The molecule has 3 nitrogen and oxygen atoms in total. The summed E-state index contributed by atoms with van der Waals surface area (Å²) >= 11 is 1.20. The van der Waals surface area contributed by atoms with E-state index in [1.54, 1.807) is 12.3 Å². The summed E-state index contributed by atoms with van der Waals surface area (Å²) in [6.07, 6.45) is -4.25. The van der Waals surface area contributed by atoms with Gasteiger partial charge in [0.2, 0.25) is 5.13 Å². The average Bonchev–Trinajstić information content (AvgIpc) is 2.77. The first-order valence-electron chi connectivity index (χ1n) is 5.55. The van der Waals surface area contributed by atoms with Crippen LogP contribution in [-0.2, 0) is 6.18 Å². The van der Waals surface area contributed by atoms with E-state index in [-0.39, 0.29) is 0 Å². The number of benzene rings is 1. The van der Waals surface area contributed by atoms with Crippen molar-refractivity contribution in [3.8, 4) is 0 Å². The monoisotopic (exact) mass is 321 g/mol. The van der Waals surface area contributed by atoms with Gasteiger partial charge in [-0.1, -0.05) is 0 Å². The Morgan fingerprint density at radius 3 is 2.57 bits per heavy atom. The number of thiazole rings is 1. The number of hydrogen-bond acceptors (Lipinski definition) is 4. The fourth-order valence-corrected chi connectivity index (χ4v) is 2.10. The minimum atomic E-state index is -4.90. The maximum Gasteiger partial charge on any atom is 0.419 e. The number of nitrogens with one attached hydrogen (secondary N) is 1. The minimum Gasteiger partial charge on any atom is -0.253 e. The fraction of sp³-hybridized carbons (Fsp3) is 0.167. The zero-order valence-electron chi connectivity index (χ0n) is 10.5. The molecular weight excluding hydrogens is 313 g/mol. The van der Waals surface area contributed by atoms with Crippen molar-refractivity contribution in [2.75, 3.05) is 5.43 Å². The van der Waals surface area contributed by atoms with Gasteiger partial charge in [0.05, 0.1) is 23.0 Å². The van der Waals surface area contributed by atoms with E-state index in [2.05, 4.69) is 15.5 Å². The zero-order valence-corrected chi connectivity index (χ0v) is 11.3. The number of alkyl halides is 3. The number of hydrazone groups is 1. The van der Waals surface area contributed by atoms with Crippen molar-refractivity contribution < 1.29 is 22.0 Å². The second-order valence-electron chi connectivity index (χ2n) is 3.98. The first-order chi connectivity index (χ1) is 9.79. The van der Waals surface area contributed by atoms with Gasteiger partial charge in [0.25, 0.3) is 0 Å². The summed E-state index contributed by atoms with van der Waals surface area (Å²) in [4.78, 5) is 3.97. The van der Waals surface area contributed by atoms with Crippen molar-refractivity contribution in [3.63, 3.8) is 0 Å². The molecular formula is C12H8F5N3S. The molecule has 0 fully saturated rings. The molecule has 9 heteroatoms.